The Morgan fingerprint density at radius 1 is 1.00 bits per heavy atom. The maximum Gasteiger partial charge on any atom is 0.0589 e. The minimum absolute atomic E-state index is 0.889. The molecule has 3 heteroatoms. The Balaban J connectivity index is 0. The Labute approximate surface area is 89.4 Å². The number of rotatable bonds is 3. The second-order valence-electron chi connectivity index (χ2n) is 2.95. The SMILES string of the molecule is CC.COC.COCCN1CCCC1. The third-order valence-electron chi connectivity index (χ3n) is 1.81. The summed E-state index contributed by atoms with van der Waals surface area (Å²) in [4.78, 5) is 2.45. The molecule has 1 fully saturated rings. The van der Waals surface area contributed by atoms with E-state index in [1.165, 1.54) is 25.9 Å². The quantitative estimate of drug-likeness (QED) is 0.703. The summed E-state index contributed by atoms with van der Waals surface area (Å²) < 4.78 is 9.21. The molecular weight excluding hydrogens is 178 g/mol. The van der Waals surface area contributed by atoms with Crippen LogP contribution in [0.25, 0.3) is 0 Å². The lowest BCUT2D eigenvalue weighted by atomic mass is 10.4. The lowest BCUT2D eigenvalue weighted by Crippen LogP contribution is -2.23. The highest BCUT2D eigenvalue weighted by Gasteiger charge is 2.09. The van der Waals surface area contributed by atoms with Gasteiger partial charge in [0.1, 0.15) is 0 Å². The predicted molar refractivity (Wildman–Crippen MR) is 61.8 cm³/mol. The van der Waals surface area contributed by atoms with Crippen molar-refractivity contribution in [1.82, 2.24) is 4.90 Å². The molecule has 1 saturated heterocycles. The van der Waals surface area contributed by atoms with Gasteiger partial charge in [-0.3, -0.25) is 0 Å². The van der Waals surface area contributed by atoms with Gasteiger partial charge in [-0.25, -0.2) is 0 Å². The van der Waals surface area contributed by atoms with Gasteiger partial charge in [0.15, 0.2) is 0 Å². The maximum absolute atomic E-state index is 4.96. The van der Waals surface area contributed by atoms with E-state index in [9.17, 15) is 0 Å². The summed E-state index contributed by atoms with van der Waals surface area (Å²) in [5, 5.41) is 0. The van der Waals surface area contributed by atoms with Crippen LogP contribution in [0.3, 0.4) is 0 Å². The summed E-state index contributed by atoms with van der Waals surface area (Å²) in [5.41, 5.74) is 0. The molecule has 0 aromatic rings. The van der Waals surface area contributed by atoms with Crippen molar-refractivity contribution in [3.8, 4) is 0 Å². The Morgan fingerprint density at radius 3 is 1.79 bits per heavy atom. The zero-order valence-corrected chi connectivity index (χ0v) is 10.5. The van der Waals surface area contributed by atoms with E-state index >= 15 is 0 Å². The van der Waals surface area contributed by atoms with Crippen LogP contribution in [0.4, 0.5) is 0 Å². The van der Waals surface area contributed by atoms with Gasteiger partial charge in [-0.15, -0.1) is 0 Å². The zero-order chi connectivity index (χ0) is 11.2. The van der Waals surface area contributed by atoms with E-state index in [4.69, 9.17) is 4.74 Å². The number of nitrogens with zero attached hydrogens (tertiary/aromatic N) is 1. The zero-order valence-electron chi connectivity index (χ0n) is 10.5. The van der Waals surface area contributed by atoms with E-state index in [-0.39, 0.29) is 0 Å². The van der Waals surface area contributed by atoms with Crippen LogP contribution in [0.5, 0.6) is 0 Å². The first-order valence-corrected chi connectivity index (χ1v) is 5.46. The predicted octanol–water partition coefficient (Wildman–Crippen LogP) is 2.02. The maximum atomic E-state index is 4.96. The monoisotopic (exact) mass is 205 g/mol. The number of methoxy groups -OCH3 is 2. The summed E-state index contributed by atoms with van der Waals surface area (Å²) >= 11 is 0. The Hall–Kier alpha value is -0.120. The van der Waals surface area contributed by atoms with Gasteiger partial charge in [0.05, 0.1) is 6.61 Å². The molecular formula is C11H27NO2. The van der Waals surface area contributed by atoms with Crippen molar-refractivity contribution in [2.45, 2.75) is 26.7 Å². The van der Waals surface area contributed by atoms with Crippen molar-refractivity contribution in [2.75, 3.05) is 47.6 Å². The Kier molecular flexibility index (Phi) is 17.9. The molecule has 0 aliphatic carbocycles. The van der Waals surface area contributed by atoms with Gasteiger partial charge in [-0.1, -0.05) is 13.8 Å². The molecule has 0 bridgehead atoms. The van der Waals surface area contributed by atoms with Crippen LogP contribution in [-0.4, -0.2) is 52.5 Å². The van der Waals surface area contributed by atoms with Gasteiger partial charge in [0.2, 0.25) is 0 Å². The van der Waals surface area contributed by atoms with Gasteiger partial charge >= 0.3 is 0 Å². The fourth-order valence-corrected chi connectivity index (χ4v) is 1.23. The molecule has 0 aromatic carbocycles. The van der Waals surface area contributed by atoms with Crippen LogP contribution >= 0.6 is 0 Å². The van der Waals surface area contributed by atoms with E-state index in [0.717, 1.165) is 13.2 Å². The molecule has 1 rings (SSSR count). The van der Waals surface area contributed by atoms with Gasteiger partial charge in [-0.2, -0.15) is 0 Å². The molecule has 0 saturated carbocycles. The van der Waals surface area contributed by atoms with Crippen LogP contribution < -0.4 is 0 Å². The lowest BCUT2D eigenvalue weighted by molar-refractivity contribution is 0.161. The van der Waals surface area contributed by atoms with E-state index < -0.39 is 0 Å². The second kappa shape index (κ2) is 15.4. The molecule has 1 aliphatic rings. The average Bonchev–Trinajstić information content (AvgIpc) is 2.72. The first-order valence-electron chi connectivity index (χ1n) is 5.46. The summed E-state index contributed by atoms with van der Waals surface area (Å²) in [6.07, 6.45) is 2.76. The fraction of sp³-hybridized carbons (Fsp3) is 1.00. The van der Waals surface area contributed by atoms with Crippen LogP contribution in [-0.2, 0) is 9.47 Å². The third kappa shape index (κ3) is 11.9. The van der Waals surface area contributed by atoms with Gasteiger partial charge in [0.25, 0.3) is 0 Å². The van der Waals surface area contributed by atoms with Crippen molar-refractivity contribution in [2.24, 2.45) is 0 Å². The van der Waals surface area contributed by atoms with Crippen molar-refractivity contribution in [3.63, 3.8) is 0 Å². The molecule has 0 spiro atoms. The molecule has 1 heterocycles. The van der Waals surface area contributed by atoms with E-state index in [0.29, 0.717) is 0 Å². The fourth-order valence-electron chi connectivity index (χ4n) is 1.23. The highest BCUT2D eigenvalue weighted by molar-refractivity contribution is 4.64. The molecule has 0 aromatic heterocycles. The molecule has 0 atom stereocenters. The number of ether oxygens (including phenoxy) is 2. The summed E-state index contributed by atoms with van der Waals surface area (Å²) in [6.45, 7) is 8.57. The summed E-state index contributed by atoms with van der Waals surface area (Å²) in [6, 6.07) is 0. The normalized spacial score (nSPS) is 15.2. The first-order chi connectivity index (χ1) is 6.85. The molecule has 1 aliphatic heterocycles. The average molecular weight is 205 g/mol. The highest BCUT2D eigenvalue weighted by Crippen LogP contribution is 2.05. The van der Waals surface area contributed by atoms with E-state index in [1.54, 1.807) is 21.3 Å². The van der Waals surface area contributed by atoms with Crippen LogP contribution in [0.15, 0.2) is 0 Å². The minimum atomic E-state index is 0.889. The highest BCUT2D eigenvalue weighted by atomic mass is 16.5. The van der Waals surface area contributed by atoms with Crippen molar-refractivity contribution >= 4 is 0 Å². The summed E-state index contributed by atoms with van der Waals surface area (Å²) in [7, 11) is 5.01. The lowest BCUT2D eigenvalue weighted by Gasteiger charge is -2.12. The van der Waals surface area contributed by atoms with Crippen LogP contribution in [0, 0.1) is 0 Å². The molecule has 0 amide bonds. The third-order valence-corrected chi connectivity index (χ3v) is 1.81. The molecule has 3 nitrogen and oxygen atoms in total. The Morgan fingerprint density at radius 2 is 1.43 bits per heavy atom. The van der Waals surface area contributed by atoms with Gasteiger partial charge in [0, 0.05) is 27.9 Å². The van der Waals surface area contributed by atoms with E-state index in [2.05, 4.69) is 9.64 Å². The molecule has 0 radical (unpaired) electrons. The van der Waals surface area contributed by atoms with Crippen LogP contribution in [0.2, 0.25) is 0 Å². The minimum Gasteiger partial charge on any atom is -0.388 e. The van der Waals surface area contributed by atoms with Gasteiger partial charge < -0.3 is 14.4 Å². The topological polar surface area (TPSA) is 21.7 Å². The number of hydrogen-bond acceptors (Lipinski definition) is 3. The summed E-state index contributed by atoms with van der Waals surface area (Å²) in [5.74, 6) is 0. The first kappa shape index (κ1) is 16.3. The van der Waals surface area contributed by atoms with Crippen molar-refractivity contribution in [3.05, 3.63) is 0 Å². The molecule has 0 unspecified atom stereocenters. The molecule has 14 heavy (non-hydrogen) atoms. The number of hydrogen-bond donors (Lipinski definition) is 0. The van der Waals surface area contributed by atoms with Crippen molar-refractivity contribution < 1.29 is 9.47 Å². The van der Waals surface area contributed by atoms with E-state index in [1.807, 2.05) is 13.8 Å². The largest absolute Gasteiger partial charge is 0.388 e. The molecule has 0 N–H and O–H groups in total. The number of likely N-dealkylation sites (tertiary alicyclic amines) is 1. The molecule has 88 valence electrons. The van der Waals surface area contributed by atoms with Crippen LogP contribution in [0.1, 0.15) is 26.7 Å². The Bertz CT molecular complexity index is 83.4. The van der Waals surface area contributed by atoms with Crippen molar-refractivity contribution in [1.29, 1.82) is 0 Å². The second-order valence-corrected chi connectivity index (χ2v) is 2.95. The van der Waals surface area contributed by atoms with Gasteiger partial charge in [-0.05, 0) is 25.9 Å². The smallest absolute Gasteiger partial charge is 0.0589 e. The standard InChI is InChI=1S/C7H15NO.C2H6O.C2H6/c1-9-7-6-8-4-2-3-5-8;1-3-2;1-2/h2-7H2,1H3;1-2H3;1-2H3.